The molecule has 2 N–H and O–H groups in total. The van der Waals surface area contributed by atoms with Crippen molar-refractivity contribution in [2.75, 3.05) is 52.9 Å². The highest BCUT2D eigenvalue weighted by Crippen LogP contribution is 2.13. The maximum Gasteiger partial charge on any atom is 0.118 e. The minimum atomic E-state index is 0.775. The highest BCUT2D eigenvalue weighted by atomic mass is 16.5. The number of benzene rings is 1. The van der Waals surface area contributed by atoms with Crippen LogP contribution in [0.5, 0.6) is 5.75 Å². The number of hydrogen-bond acceptors (Lipinski definition) is 4. The van der Waals surface area contributed by atoms with E-state index >= 15 is 0 Å². The van der Waals surface area contributed by atoms with E-state index in [0.29, 0.717) is 0 Å². The second kappa shape index (κ2) is 8.25. The van der Waals surface area contributed by atoms with Crippen LogP contribution >= 0.6 is 0 Å². The molecule has 0 bridgehead atoms. The van der Waals surface area contributed by atoms with Gasteiger partial charge in [-0.3, -0.25) is 4.90 Å². The monoisotopic (exact) mass is 277 g/mol. The Morgan fingerprint density at radius 3 is 2.15 bits per heavy atom. The van der Waals surface area contributed by atoms with Crippen molar-refractivity contribution in [1.82, 2.24) is 9.80 Å². The molecular weight excluding hydrogens is 250 g/mol. The average molecular weight is 277 g/mol. The van der Waals surface area contributed by atoms with Gasteiger partial charge in [0.05, 0.1) is 7.11 Å². The number of aryl methyl sites for hydroxylation is 1. The van der Waals surface area contributed by atoms with Crippen molar-refractivity contribution >= 4 is 0 Å². The van der Waals surface area contributed by atoms with E-state index in [9.17, 15) is 0 Å². The zero-order chi connectivity index (χ0) is 14.2. The van der Waals surface area contributed by atoms with Crippen LogP contribution in [0.3, 0.4) is 0 Å². The van der Waals surface area contributed by atoms with Gasteiger partial charge in [-0.2, -0.15) is 0 Å². The Labute approximate surface area is 122 Å². The molecule has 0 saturated carbocycles. The Hall–Kier alpha value is -1.10. The topological polar surface area (TPSA) is 41.7 Å². The van der Waals surface area contributed by atoms with Crippen LogP contribution in [0.25, 0.3) is 0 Å². The smallest absolute Gasteiger partial charge is 0.118 e. The van der Waals surface area contributed by atoms with Crippen molar-refractivity contribution in [3.63, 3.8) is 0 Å². The third-order valence-electron chi connectivity index (χ3n) is 4.01. The van der Waals surface area contributed by atoms with E-state index in [1.165, 1.54) is 44.7 Å². The second-order valence-corrected chi connectivity index (χ2v) is 5.42. The first kappa shape index (κ1) is 15.3. The molecule has 1 aliphatic heterocycles. The summed E-state index contributed by atoms with van der Waals surface area (Å²) < 4.78 is 5.18. The number of nitrogens with two attached hydrogens (primary N) is 1. The maximum atomic E-state index is 5.60. The molecule has 1 heterocycles. The summed E-state index contributed by atoms with van der Waals surface area (Å²) in [5.41, 5.74) is 6.99. The Balaban J connectivity index is 1.63. The first-order chi connectivity index (χ1) is 9.81. The summed E-state index contributed by atoms with van der Waals surface area (Å²) in [4.78, 5) is 5.02. The van der Waals surface area contributed by atoms with Gasteiger partial charge in [0.25, 0.3) is 0 Å². The lowest BCUT2D eigenvalue weighted by atomic mass is 10.1. The molecule has 0 unspecified atom stereocenters. The first-order valence-electron chi connectivity index (χ1n) is 7.59. The molecule has 0 spiro atoms. The number of methoxy groups -OCH3 is 1. The average Bonchev–Trinajstić information content (AvgIpc) is 2.50. The second-order valence-electron chi connectivity index (χ2n) is 5.42. The molecule has 20 heavy (non-hydrogen) atoms. The molecule has 4 heteroatoms. The zero-order valence-electron chi connectivity index (χ0n) is 12.6. The third-order valence-corrected chi connectivity index (χ3v) is 4.01. The van der Waals surface area contributed by atoms with Crippen LogP contribution in [0.2, 0.25) is 0 Å². The fraction of sp³-hybridized carbons (Fsp3) is 0.625. The summed E-state index contributed by atoms with van der Waals surface area (Å²) >= 11 is 0. The molecule has 1 saturated heterocycles. The molecule has 112 valence electrons. The van der Waals surface area contributed by atoms with Crippen LogP contribution < -0.4 is 10.5 Å². The Kier molecular flexibility index (Phi) is 6.30. The lowest BCUT2D eigenvalue weighted by molar-refractivity contribution is 0.134. The number of nitrogens with zero attached hydrogens (tertiary/aromatic N) is 2. The summed E-state index contributed by atoms with van der Waals surface area (Å²) in [6.45, 7) is 7.71. The van der Waals surface area contributed by atoms with Crippen LogP contribution in [0.15, 0.2) is 24.3 Å². The minimum absolute atomic E-state index is 0.775. The molecule has 2 rings (SSSR count). The summed E-state index contributed by atoms with van der Waals surface area (Å²) in [5.74, 6) is 0.935. The molecule has 1 aromatic rings. The van der Waals surface area contributed by atoms with Crippen LogP contribution in [0.1, 0.15) is 12.0 Å². The standard InChI is InChI=1S/C16H27N3O/c1-20-16-6-4-15(5-7-16)3-2-9-18-11-13-19(10-8-17)14-12-18/h4-7H,2-3,8-14,17H2,1H3. The van der Waals surface area contributed by atoms with E-state index in [-0.39, 0.29) is 0 Å². The first-order valence-corrected chi connectivity index (χ1v) is 7.59. The van der Waals surface area contributed by atoms with Gasteiger partial charge in [-0.25, -0.2) is 0 Å². The molecule has 1 fully saturated rings. The van der Waals surface area contributed by atoms with Crippen molar-refractivity contribution < 1.29 is 4.74 Å². The van der Waals surface area contributed by atoms with Crippen molar-refractivity contribution in [2.24, 2.45) is 5.73 Å². The molecule has 4 nitrogen and oxygen atoms in total. The van der Waals surface area contributed by atoms with Gasteiger partial charge in [-0.05, 0) is 37.1 Å². The van der Waals surface area contributed by atoms with E-state index in [4.69, 9.17) is 10.5 Å². The molecule has 0 aromatic heterocycles. The van der Waals surface area contributed by atoms with Crippen LogP contribution in [-0.4, -0.2) is 62.7 Å². The molecule has 1 aliphatic rings. The molecule has 0 radical (unpaired) electrons. The molecule has 0 atom stereocenters. The van der Waals surface area contributed by atoms with E-state index in [0.717, 1.165) is 25.3 Å². The van der Waals surface area contributed by atoms with Gasteiger partial charge >= 0.3 is 0 Å². The molecular formula is C16H27N3O. The SMILES string of the molecule is COc1ccc(CCCN2CCN(CCN)CC2)cc1. The quantitative estimate of drug-likeness (QED) is 0.813. The summed E-state index contributed by atoms with van der Waals surface area (Å²) in [7, 11) is 1.71. The van der Waals surface area contributed by atoms with Crippen molar-refractivity contribution in [3.8, 4) is 5.75 Å². The fourth-order valence-corrected chi connectivity index (χ4v) is 2.72. The van der Waals surface area contributed by atoms with Gasteiger partial charge in [0.2, 0.25) is 0 Å². The number of piperazine rings is 1. The van der Waals surface area contributed by atoms with E-state index < -0.39 is 0 Å². The van der Waals surface area contributed by atoms with E-state index in [2.05, 4.69) is 21.9 Å². The van der Waals surface area contributed by atoms with Crippen LogP contribution in [0, 0.1) is 0 Å². The lowest BCUT2D eigenvalue weighted by Crippen LogP contribution is -2.47. The summed E-state index contributed by atoms with van der Waals surface area (Å²) in [6.07, 6.45) is 2.37. The van der Waals surface area contributed by atoms with Gasteiger partial charge < -0.3 is 15.4 Å². The van der Waals surface area contributed by atoms with Gasteiger partial charge in [0.15, 0.2) is 0 Å². The van der Waals surface area contributed by atoms with Crippen molar-refractivity contribution in [2.45, 2.75) is 12.8 Å². The van der Waals surface area contributed by atoms with E-state index in [1.54, 1.807) is 7.11 Å². The van der Waals surface area contributed by atoms with E-state index in [1.807, 2.05) is 12.1 Å². The van der Waals surface area contributed by atoms with Crippen LogP contribution in [0.4, 0.5) is 0 Å². The maximum absolute atomic E-state index is 5.60. The van der Waals surface area contributed by atoms with Gasteiger partial charge in [-0.1, -0.05) is 12.1 Å². The zero-order valence-corrected chi connectivity index (χ0v) is 12.6. The van der Waals surface area contributed by atoms with Gasteiger partial charge in [0.1, 0.15) is 5.75 Å². The number of rotatable bonds is 7. The van der Waals surface area contributed by atoms with Gasteiger partial charge in [-0.15, -0.1) is 0 Å². The Bertz CT molecular complexity index is 372. The molecule has 0 aliphatic carbocycles. The van der Waals surface area contributed by atoms with Crippen LogP contribution in [-0.2, 0) is 6.42 Å². The minimum Gasteiger partial charge on any atom is -0.497 e. The number of ether oxygens (including phenoxy) is 1. The fourth-order valence-electron chi connectivity index (χ4n) is 2.72. The van der Waals surface area contributed by atoms with Crippen molar-refractivity contribution in [3.05, 3.63) is 29.8 Å². The highest BCUT2D eigenvalue weighted by Gasteiger charge is 2.15. The largest absolute Gasteiger partial charge is 0.497 e. The summed E-state index contributed by atoms with van der Waals surface area (Å²) in [5, 5.41) is 0. The normalized spacial score (nSPS) is 17.3. The molecule has 1 aromatic carbocycles. The lowest BCUT2D eigenvalue weighted by Gasteiger charge is -2.34. The highest BCUT2D eigenvalue weighted by molar-refractivity contribution is 5.27. The number of hydrogen-bond donors (Lipinski definition) is 1. The van der Waals surface area contributed by atoms with Gasteiger partial charge in [0, 0.05) is 39.3 Å². The third kappa shape index (κ3) is 4.78. The predicted octanol–water partition coefficient (Wildman–Crippen LogP) is 1.20. The molecule has 0 amide bonds. The predicted molar refractivity (Wildman–Crippen MR) is 83.2 cm³/mol. The van der Waals surface area contributed by atoms with Crippen molar-refractivity contribution in [1.29, 1.82) is 0 Å². The Morgan fingerprint density at radius 2 is 1.60 bits per heavy atom. The summed E-state index contributed by atoms with van der Waals surface area (Å²) in [6, 6.07) is 8.41. The Morgan fingerprint density at radius 1 is 1.00 bits per heavy atom.